The van der Waals surface area contributed by atoms with Gasteiger partial charge < -0.3 is 4.90 Å². The average molecular weight is 680 g/mol. The van der Waals surface area contributed by atoms with E-state index in [-0.39, 0.29) is 21.1 Å². The molecule has 246 valence electrons. The standard InChI is InChI=1S/C44H41NO2S2/c1-43(2)36-26-17-16-24-34(36)35(30-41(46)48-32-20-10-8-11-21-32)37(43)25-14-6-5-7-15-29-40-44(3,4)38-27-18-19-28-39(38)45(40)31-42(47)49-33-22-12-9-13-23-33/h5-29H,30-31H2,1-4H3. The first-order chi connectivity index (χ1) is 23.7. The number of allylic oxidation sites excluding steroid dienone is 10. The molecule has 0 unspecified atom stereocenters. The molecular formula is C44H41NO2S2. The lowest BCUT2D eigenvalue weighted by atomic mass is 9.81. The number of hydrogen-bond donors (Lipinski definition) is 0. The highest BCUT2D eigenvalue weighted by atomic mass is 32.2. The van der Waals surface area contributed by atoms with Crippen molar-refractivity contribution in [3.05, 3.63) is 180 Å². The third-order valence-electron chi connectivity index (χ3n) is 9.24. The number of carbonyl (C=O) groups excluding carboxylic acids is 2. The Morgan fingerprint density at radius 1 is 0.612 bits per heavy atom. The van der Waals surface area contributed by atoms with Gasteiger partial charge in [0, 0.05) is 38.4 Å². The minimum absolute atomic E-state index is 0.102. The third-order valence-corrected chi connectivity index (χ3v) is 11.0. The van der Waals surface area contributed by atoms with E-state index in [0.29, 0.717) is 13.0 Å². The molecule has 0 bridgehead atoms. The van der Waals surface area contributed by atoms with Gasteiger partial charge in [0.05, 0.1) is 6.54 Å². The number of benzene rings is 4. The number of rotatable bonds is 10. The Kier molecular flexibility index (Phi) is 10.4. The average Bonchev–Trinajstić information content (AvgIpc) is 3.43. The molecule has 6 rings (SSSR count). The fourth-order valence-corrected chi connectivity index (χ4v) is 8.36. The lowest BCUT2D eigenvalue weighted by molar-refractivity contribution is -0.110. The van der Waals surface area contributed by atoms with Crippen molar-refractivity contribution in [3.8, 4) is 0 Å². The summed E-state index contributed by atoms with van der Waals surface area (Å²) in [5.41, 5.74) is 7.62. The summed E-state index contributed by atoms with van der Waals surface area (Å²) >= 11 is 2.59. The lowest BCUT2D eigenvalue weighted by Gasteiger charge is -2.26. The van der Waals surface area contributed by atoms with Crippen molar-refractivity contribution in [3.63, 3.8) is 0 Å². The van der Waals surface area contributed by atoms with Crippen molar-refractivity contribution in [2.45, 2.75) is 54.7 Å². The van der Waals surface area contributed by atoms with Crippen molar-refractivity contribution < 1.29 is 9.59 Å². The van der Waals surface area contributed by atoms with Crippen LogP contribution in [0, 0.1) is 0 Å². The summed E-state index contributed by atoms with van der Waals surface area (Å²) < 4.78 is 0. The minimum atomic E-state index is -0.246. The number of carbonyl (C=O) groups is 2. The summed E-state index contributed by atoms with van der Waals surface area (Å²) in [6, 6.07) is 36.5. The van der Waals surface area contributed by atoms with Crippen molar-refractivity contribution >= 4 is 45.0 Å². The maximum atomic E-state index is 13.2. The van der Waals surface area contributed by atoms with E-state index < -0.39 is 0 Å². The van der Waals surface area contributed by atoms with Gasteiger partial charge in [0.15, 0.2) is 5.12 Å². The molecule has 0 saturated heterocycles. The van der Waals surface area contributed by atoms with Gasteiger partial charge in [0.2, 0.25) is 5.12 Å². The molecule has 5 heteroatoms. The van der Waals surface area contributed by atoms with E-state index >= 15 is 0 Å². The summed E-state index contributed by atoms with van der Waals surface area (Å²) in [5, 5.41) is 0.238. The zero-order valence-electron chi connectivity index (χ0n) is 28.4. The van der Waals surface area contributed by atoms with Crippen LogP contribution >= 0.6 is 23.5 Å². The van der Waals surface area contributed by atoms with Crippen LogP contribution in [0.3, 0.4) is 0 Å². The molecule has 0 saturated carbocycles. The SMILES string of the molecule is CC1(C)C(C=CC=CC=CC=C2N(CC(=O)Sc3ccccc3)c3ccccc3C2(C)C)=C(CC(=O)Sc2ccccc2)c2ccccc21. The molecule has 0 radical (unpaired) electrons. The van der Waals surface area contributed by atoms with Crippen molar-refractivity contribution in [2.75, 3.05) is 11.4 Å². The predicted octanol–water partition coefficient (Wildman–Crippen LogP) is 11.1. The highest BCUT2D eigenvalue weighted by Gasteiger charge is 2.40. The van der Waals surface area contributed by atoms with E-state index in [0.717, 1.165) is 32.3 Å². The Hall–Kier alpha value is -4.58. The summed E-state index contributed by atoms with van der Waals surface area (Å²) in [6.45, 7) is 9.20. The fourth-order valence-electron chi connectivity index (χ4n) is 6.84. The molecule has 1 heterocycles. The van der Waals surface area contributed by atoms with Gasteiger partial charge >= 0.3 is 0 Å². The Morgan fingerprint density at radius 2 is 1.16 bits per heavy atom. The van der Waals surface area contributed by atoms with Gasteiger partial charge in [-0.2, -0.15) is 0 Å². The first kappa shape index (κ1) is 34.3. The number of anilines is 1. The Labute approximate surface area is 299 Å². The first-order valence-electron chi connectivity index (χ1n) is 16.6. The second-order valence-corrected chi connectivity index (χ2v) is 15.5. The molecule has 0 aromatic heterocycles. The number of nitrogens with zero attached hydrogens (tertiary/aromatic N) is 1. The maximum Gasteiger partial charge on any atom is 0.213 e. The quantitative estimate of drug-likeness (QED) is 0.123. The van der Waals surface area contributed by atoms with E-state index in [1.165, 1.54) is 40.2 Å². The first-order valence-corrected chi connectivity index (χ1v) is 18.2. The van der Waals surface area contributed by atoms with Crippen molar-refractivity contribution in [2.24, 2.45) is 0 Å². The molecule has 0 atom stereocenters. The smallest absolute Gasteiger partial charge is 0.213 e. The van der Waals surface area contributed by atoms with Crippen molar-refractivity contribution in [1.82, 2.24) is 0 Å². The zero-order valence-corrected chi connectivity index (χ0v) is 30.1. The molecule has 0 amide bonds. The minimum Gasteiger partial charge on any atom is -0.336 e. The number of thioether (sulfide) groups is 2. The lowest BCUT2D eigenvalue weighted by Crippen LogP contribution is -2.29. The Bertz CT molecular complexity index is 2000. The predicted molar refractivity (Wildman–Crippen MR) is 208 cm³/mol. The fraction of sp³-hybridized carbons (Fsp3) is 0.182. The van der Waals surface area contributed by atoms with Gasteiger partial charge in [0.1, 0.15) is 0 Å². The highest BCUT2D eigenvalue weighted by Crippen LogP contribution is 2.49. The van der Waals surface area contributed by atoms with E-state index in [9.17, 15) is 9.59 Å². The molecule has 1 aliphatic carbocycles. The summed E-state index contributed by atoms with van der Waals surface area (Å²) in [4.78, 5) is 30.5. The van der Waals surface area contributed by atoms with E-state index in [1.54, 1.807) is 0 Å². The maximum absolute atomic E-state index is 13.2. The van der Waals surface area contributed by atoms with E-state index in [1.807, 2.05) is 85.0 Å². The van der Waals surface area contributed by atoms with Crippen molar-refractivity contribution in [1.29, 1.82) is 0 Å². The monoisotopic (exact) mass is 679 g/mol. The van der Waals surface area contributed by atoms with Crippen LogP contribution < -0.4 is 4.90 Å². The van der Waals surface area contributed by atoms with Crippen LogP contribution in [0.15, 0.2) is 173 Å². The van der Waals surface area contributed by atoms with Crippen LogP contribution in [0.2, 0.25) is 0 Å². The van der Waals surface area contributed by atoms with E-state index in [2.05, 4.69) is 99.4 Å². The van der Waals surface area contributed by atoms with Gasteiger partial charge in [0.25, 0.3) is 0 Å². The molecule has 3 nitrogen and oxygen atoms in total. The van der Waals surface area contributed by atoms with Crippen LogP contribution in [0.25, 0.3) is 5.57 Å². The molecule has 2 aliphatic rings. The highest BCUT2D eigenvalue weighted by molar-refractivity contribution is 8.14. The van der Waals surface area contributed by atoms with Gasteiger partial charge in [-0.15, -0.1) is 0 Å². The number of para-hydroxylation sites is 1. The van der Waals surface area contributed by atoms with E-state index in [4.69, 9.17) is 0 Å². The Morgan fingerprint density at radius 3 is 1.86 bits per heavy atom. The van der Waals surface area contributed by atoms with Gasteiger partial charge in [-0.1, -0.05) is 167 Å². The van der Waals surface area contributed by atoms with Crippen LogP contribution in [0.5, 0.6) is 0 Å². The van der Waals surface area contributed by atoms with Gasteiger partial charge in [-0.05, 0) is 64.2 Å². The molecular weight excluding hydrogens is 639 g/mol. The molecule has 4 aromatic rings. The molecule has 0 spiro atoms. The number of hydrogen-bond acceptors (Lipinski definition) is 5. The van der Waals surface area contributed by atoms with Crippen LogP contribution in [0.1, 0.15) is 50.8 Å². The van der Waals surface area contributed by atoms with Gasteiger partial charge in [-0.3, -0.25) is 9.59 Å². The van der Waals surface area contributed by atoms with Crippen LogP contribution in [-0.4, -0.2) is 16.8 Å². The summed E-state index contributed by atoms with van der Waals surface area (Å²) in [6.07, 6.45) is 14.9. The normalized spacial score (nSPS) is 17.1. The molecule has 1 aliphatic heterocycles. The summed E-state index contributed by atoms with van der Waals surface area (Å²) in [5.74, 6) is 0. The Balaban J connectivity index is 1.19. The van der Waals surface area contributed by atoms with Crippen LogP contribution in [0.4, 0.5) is 5.69 Å². The second-order valence-electron chi connectivity index (χ2n) is 13.2. The molecule has 0 N–H and O–H groups in total. The number of fused-ring (bicyclic) bond motifs is 2. The molecule has 4 aromatic carbocycles. The summed E-state index contributed by atoms with van der Waals surface area (Å²) in [7, 11) is 0. The largest absolute Gasteiger partial charge is 0.336 e. The molecule has 0 fully saturated rings. The third kappa shape index (κ3) is 7.54. The zero-order chi connectivity index (χ0) is 34.4. The van der Waals surface area contributed by atoms with Gasteiger partial charge in [-0.25, -0.2) is 0 Å². The topological polar surface area (TPSA) is 37.4 Å². The second kappa shape index (κ2) is 14.9. The van der Waals surface area contributed by atoms with Crippen LogP contribution in [-0.2, 0) is 20.4 Å². The molecule has 49 heavy (non-hydrogen) atoms.